The summed E-state index contributed by atoms with van der Waals surface area (Å²) in [5.74, 6) is -0.159. The van der Waals surface area contributed by atoms with Crippen LogP contribution >= 0.6 is 0 Å². The van der Waals surface area contributed by atoms with E-state index in [1.807, 2.05) is 26.0 Å². The van der Waals surface area contributed by atoms with Gasteiger partial charge in [0, 0.05) is 0 Å². The third kappa shape index (κ3) is 2.32. The summed E-state index contributed by atoms with van der Waals surface area (Å²) in [5, 5.41) is 0. The van der Waals surface area contributed by atoms with Crippen LogP contribution < -0.4 is 0 Å². The van der Waals surface area contributed by atoms with Crippen LogP contribution in [0.3, 0.4) is 0 Å². The minimum Gasteiger partial charge on any atom is -0.207 e. The predicted octanol–water partition coefficient (Wildman–Crippen LogP) is 4.11. The van der Waals surface area contributed by atoms with Crippen molar-refractivity contribution in [3.63, 3.8) is 0 Å². The highest BCUT2D eigenvalue weighted by Crippen LogP contribution is 2.17. The molecule has 0 heterocycles. The van der Waals surface area contributed by atoms with Gasteiger partial charge in [0.25, 0.3) is 0 Å². The van der Waals surface area contributed by atoms with Crippen LogP contribution in [0.1, 0.15) is 25.0 Å². The zero-order valence-electron chi connectivity index (χ0n) is 8.89. The summed E-state index contributed by atoms with van der Waals surface area (Å²) in [4.78, 5) is 0. The maximum atomic E-state index is 13.2. The van der Waals surface area contributed by atoms with Crippen molar-refractivity contribution in [1.82, 2.24) is 0 Å². The standard InChI is InChI=1S/C13H15F/c1-9(2)10(3)8-12-6-5-7-13(14)11(12)4/h5-8H,1H2,2-4H3/b10-8-. The largest absolute Gasteiger partial charge is 0.207 e. The van der Waals surface area contributed by atoms with E-state index in [1.165, 1.54) is 6.07 Å². The third-order valence-electron chi connectivity index (χ3n) is 2.35. The molecule has 1 aromatic carbocycles. The van der Waals surface area contributed by atoms with Crippen LogP contribution in [0.5, 0.6) is 0 Å². The molecular weight excluding hydrogens is 175 g/mol. The molecule has 0 saturated heterocycles. The lowest BCUT2D eigenvalue weighted by Crippen LogP contribution is -1.87. The van der Waals surface area contributed by atoms with Gasteiger partial charge in [0.1, 0.15) is 5.82 Å². The molecule has 0 aliphatic carbocycles. The summed E-state index contributed by atoms with van der Waals surface area (Å²) in [5.41, 5.74) is 3.70. The van der Waals surface area contributed by atoms with Crippen molar-refractivity contribution in [2.24, 2.45) is 0 Å². The fourth-order valence-electron chi connectivity index (χ4n) is 1.14. The first-order valence-electron chi connectivity index (χ1n) is 4.61. The SMILES string of the molecule is C=C(C)/C(C)=C\c1cccc(F)c1C. The highest BCUT2D eigenvalue weighted by molar-refractivity contribution is 5.59. The second-order valence-corrected chi connectivity index (χ2v) is 3.56. The van der Waals surface area contributed by atoms with Gasteiger partial charge < -0.3 is 0 Å². The van der Waals surface area contributed by atoms with E-state index in [0.29, 0.717) is 5.56 Å². The second kappa shape index (κ2) is 4.23. The number of allylic oxidation sites excluding steroid dienone is 2. The molecule has 0 spiro atoms. The van der Waals surface area contributed by atoms with E-state index < -0.39 is 0 Å². The Bertz CT molecular complexity index is 386. The average molecular weight is 190 g/mol. The van der Waals surface area contributed by atoms with Crippen LogP contribution in [0, 0.1) is 12.7 Å². The minimum atomic E-state index is -0.159. The van der Waals surface area contributed by atoms with Crippen molar-refractivity contribution >= 4 is 6.08 Å². The minimum absolute atomic E-state index is 0.159. The average Bonchev–Trinajstić information content (AvgIpc) is 2.12. The molecule has 0 saturated carbocycles. The van der Waals surface area contributed by atoms with E-state index in [2.05, 4.69) is 6.58 Å². The number of hydrogen-bond donors (Lipinski definition) is 0. The summed E-state index contributed by atoms with van der Waals surface area (Å²) in [6.45, 7) is 9.55. The summed E-state index contributed by atoms with van der Waals surface area (Å²) in [6, 6.07) is 5.10. The lowest BCUT2D eigenvalue weighted by Gasteiger charge is -2.04. The Labute approximate surface area is 84.8 Å². The fourth-order valence-corrected chi connectivity index (χ4v) is 1.14. The Morgan fingerprint density at radius 3 is 2.57 bits per heavy atom. The fraction of sp³-hybridized carbons (Fsp3) is 0.231. The summed E-state index contributed by atoms with van der Waals surface area (Å²) in [7, 11) is 0. The van der Waals surface area contributed by atoms with Crippen molar-refractivity contribution in [2.75, 3.05) is 0 Å². The molecule has 1 heteroatoms. The van der Waals surface area contributed by atoms with Crippen molar-refractivity contribution in [3.05, 3.63) is 52.9 Å². The summed E-state index contributed by atoms with van der Waals surface area (Å²) >= 11 is 0. The molecule has 0 aliphatic rings. The van der Waals surface area contributed by atoms with Crippen molar-refractivity contribution < 1.29 is 4.39 Å². The van der Waals surface area contributed by atoms with E-state index in [9.17, 15) is 4.39 Å². The molecule has 1 rings (SSSR count). The highest BCUT2D eigenvalue weighted by atomic mass is 19.1. The Kier molecular flexibility index (Phi) is 3.23. The molecule has 0 fully saturated rings. The number of rotatable bonds is 2. The molecule has 0 amide bonds. The molecule has 0 aromatic heterocycles. The lowest BCUT2D eigenvalue weighted by molar-refractivity contribution is 0.618. The van der Waals surface area contributed by atoms with Gasteiger partial charge in [-0.25, -0.2) is 4.39 Å². The third-order valence-corrected chi connectivity index (χ3v) is 2.35. The van der Waals surface area contributed by atoms with Crippen LogP contribution in [0.25, 0.3) is 6.08 Å². The van der Waals surface area contributed by atoms with Crippen molar-refractivity contribution in [3.8, 4) is 0 Å². The Balaban J connectivity index is 3.15. The molecule has 1 aromatic rings. The highest BCUT2D eigenvalue weighted by Gasteiger charge is 2.00. The topological polar surface area (TPSA) is 0 Å². The summed E-state index contributed by atoms with van der Waals surface area (Å²) in [6.07, 6.45) is 1.96. The van der Waals surface area contributed by atoms with Gasteiger partial charge in [-0.05, 0) is 43.5 Å². The van der Waals surface area contributed by atoms with Gasteiger partial charge >= 0.3 is 0 Å². The normalized spacial score (nSPS) is 11.6. The maximum Gasteiger partial charge on any atom is 0.126 e. The lowest BCUT2D eigenvalue weighted by atomic mass is 10.0. The molecule has 0 unspecified atom stereocenters. The van der Waals surface area contributed by atoms with E-state index in [1.54, 1.807) is 13.0 Å². The monoisotopic (exact) mass is 190 g/mol. The van der Waals surface area contributed by atoms with Crippen molar-refractivity contribution in [1.29, 1.82) is 0 Å². The van der Waals surface area contributed by atoms with Gasteiger partial charge in [-0.3, -0.25) is 0 Å². The number of benzene rings is 1. The smallest absolute Gasteiger partial charge is 0.126 e. The Morgan fingerprint density at radius 1 is 1.36 bits per heavy atom. The van der Waals surface area contributed by atoms with E-state index >= 15 is 0 Å². The first kappa shape index (κ1) is 10.7. The van der Waals surface area contributed by atoms with Crippen LogP contribution in [0.15, 0.2) is 35.9 Å². The molecular formula is C13H15F. The maximum absolute atomic E-state index is 13.2. The molecule has 0 nitrogen and oxygen atoms in total. The molecule has 0 N–H and O–H groups in total. The van der Waals surface area contributed by atoms with Crippen LogP contribution in [0.2, 0.25) is 0 Å². The molecule has 74 valence electrons. The predicted molar refractivity (Wildman–Crippen MR) is 59.6 cm³/mol. The Hall–Kier alpha value is -1.37. The molecule has 0 bridgehead atoms. The molecule has 14 heavy (non-hydrogen) atoms. The first-order chi connectivity index (χ1) is 6.52. The zero-order valence-corrected chi connectivity index (χ0v) is 8.89. The van der Waals surface area contributed by atoms with Crippen molar-refractivity contribution in [2.45, 2.75) is 20.8 Å². The van der Waals surface area contributed by atoms with Crippen LogP contribution in [0.4, 0.5) is 4.39 Å². The van der Waals surface area contributed by atoms with Gasteiger partial charge in [0.05, 0.1) is 0 Å². The quantitative estimate of drug-likeness (QED) is 0.615. The number of hydrogen-bond acceptors (Lipinski definition) is 0. The van der Waals surface area contributed by atoms with Gasteiger partial charge in [-0.15, -0.1) is 0 Å². The molecule has 0 aliphatic heterocycles. The van der Waals surface area contributed by atoms with E-state index in [-0.39, 0.29) is 5.82 Å². The van der Waals surface area contributed by atoms with Crippen LogP contribution in [-0.2, 0) is 0 Å². The van der Waals surface area contributed by atoms with Gasteiger partial charge in [-0.2, -0.15) is 0 Å². The molecule has 0 radical (unpaired) electrons. The van der Waals surface area contributed by atoms with Gasteiger partial charge in [0.15, 0.2) is 0 Å². The van der Waals surface area contributed by atoms with Gasteiger partial charge in [-0.1, -0.05) is 30.4 Å². The van der Waals surface area contributed by atoms with Crippen LogP contribution in [-0.4, -0.2) is 0 Å². The Morgan fingerprint density at radius 2 is 2.00 bits per heavy atom. The van der Waals surface area contributed by atoms with E-state index in [4.69, 9.17) is 0 Å². The van der Waals surface area contributed by atoms with Gasteiger partial charge in [0.2, 0.25) is 0 Å². The second-order valence-electron chi connectivity index (χ2n) is 3.56. The number of halogens is 1. The first-order valence-corrected chi connectivity index (χ1v) is 4.61. The zero-order chi connectivity index (χ0) is 10.7. The summed E-state index contributed by atoms with van der Waals surface area (Å²) < 4.78 is 13.2. The molecule has 0 atom stereocenters. The van der Waals surface area contributed by atoms with E-state index in [0.717, 1.165) is 16.7 Å².